The van der Waals surface area contributed by atoms with E-state index < -0.39 is 29.8 Å². The molecule has 0 saturated carbocycles. The van der Waals surface area contributed by atoms with E-state index >= 15 is 0 Å². The smallest absolute Gasteiger partial charge is 0.303 e. The first-order chi connectivity index (χ1) is 19.1. The summed E-state index contributed by atoms with van der Waals surface area (Å²) in [7, 11) is 0. The van der Waals surface area contributed by atoms with E-state index in [1.807, 2.05) is 19.9 Å². The second-order valence-electron chi connectivity index (χ2n) is 11.4. The van der Waals surface area contributed by atoms with Gasteiger partial charge in [-0.25, -0.2) is 0 Å². The molecule has 9 nitrogen and oxygen atoms in total. The predicted octanol–water partition coefficient (Wildman–Crippen LogP) is 4.31. The van der Waals surface area contributed by atoms with E-state index in [1.54, 1.807) is 12.1 Å². The van der Waals surface area contributed by atoms with Gasteiger partial charge in [-0.3, -0.25) is 19.3 Å². The van der Waals surface area contributed by atoms with Crippen LogP contribution >= 0.6 is 0 Å². The number of aliphatic hydroxyl groups excluding tert-OH is 3. The van der Waals surface area contributed by atoms with Crippen molar-refractivity contribution in [3.8, 4) is 0 Å². The quantitative estimate of drug-likeness (QED) is 0.133. The van der Waals surface area contributed by atoms with E-state index in [4.69, 9.17) is 9.52 Å². The van der Waals surface area contributed by atoms with E-state index in [0.717, 1.165) is 24.0 Å². The van der Waals surface area contributed by atoms with Crippen molar-refractivity contribution in [2.24, 2.45) is 23.7 Å². The van der Waals surface area contributed by atoms with Crippen LogP contribution in [0.2, 0.25) is 0 Å². The lowest BCUT2D eigenvalue weighted by atomic mass is 9.66. The number of hydrogen-bond acceptors (Lipinski definition) is 7. The summed E-state index contributed by atoms with van der Waals surface area (Å²) in [4.78, 5) is 38.9. The molecule has 1 aliphatic heterocycles. The van der Waals surface area contributed by atoms with Crippen molar-refractivity contribution in [2.45, 2.75) is 91.3 Å². The van der Waals surface area contributed by atoms with Gasteiger partial charge < -0.3 is 24.8 Å². The number of imide groups is 1. The molecule has 1 saturated heterocycles. The van der Waals surface area contributed by atoms with Crippen LogP contribution in [-0.2, 0) is 21.0 Å². The van der Waals surface area contributed by atoms with E-state index in [9.17, 15) is 29.7 Å². The standard InChI is InChI=1S/C31H45NO8/c1-4-8-20(15-21-11-12-22(17-33)40-21)10-13-26(35)28-23(19(2)3)16-24-29(25(28)18-34)31(39)32(30(24)38)14-7-5-6-9-27(36)37/h11-12,15,19,24-26,29,33-35H,4-10,13-14,16-18H2,1-3H3,(H,36,37)/b20-15+/t24-,25+,26-,29-/m1/s1. The number of fused-ring (bicyclic) bond motifs is 1. The Balaban J connectivity index is 1.77. The molecule has 40 heavy (non-hydrogen) atoms. The number of furan rings is 1. The highest BCUT2D eigenvalue weighted by Crippen LogP contribution is 2.48. The maximum Gasteiger partial charge on any atom is 0.303 e. The number of carboxylic acids is 1. The minimum absolute atomic E-state index is 0.0401. The van der Waals surface area contributed by atoms with E-state index in [1.165, 1.54) is 4.90 Å². The summed E-state index contributed by atoms with van der Waals surface area (Å²) in [5.74, 6) is -2.10. The van der Waals surface area contributed by atoms with Gasteiger partial charge in [0.15, 0.2) is 0 Å². The molecule has 0 spiro atoms. The predicted molar refractivity (Wildman–Crippen MR) is 150 cm³/mol. The number of rotatable bonds is 16. The molecular weight excluding hydrogens is 514 g/mol. The molecule has 0 bridgehead atoms. The summed E-state index contributed by atoms with van der Waals surface area (Å²) in [6.07, 6.45) is 5.91. The number of aliphatic hydroxyl groups is 3. The summed E-state index contributed by atoms with van der Waals surface area (Å²) >= 11 is 0. The number of nitrogens with zero attached hydrogens (tertiary/aromatic N) is 1. The number of carbonyl (C=O) groups is 3. The Hall–Kier alpha value is -2.75. The topological polar surface area (TPSA) is 149 Å². The Morgan fingerprint density at radius 2 is 1.85 bits per heavy atom. The van der Waals surface area contributed by atoms with Crippen molar-refractivity contribution >= 4 is 23.9 Å². The van der Waals surface area contributed by atoms with Crippen molar-refractivity contribution in [3.05, 3.63) is 40.4 Å². The van der Waals surface area contributed by atoms with Crippen LogP contribution in [0.25, 0.3) is 6.08 Å². The van der Waals surface area contributed by atoms with E-state index in [0.29, 0.717) is 55.6 Å². The first-order valence-corrected chi connectivity index (χ1v) is 14.6. The molecule has 4 atom stereocenters. The highest BCUT2D eigenvalue weighted by atomic mass is 16.4. The van der Waals surface area contributed by atoms with Crippen LogP contribution in [-0.4, -0.2) is 62.4 Å². The van der Waals surface area contributed by atoms with Gasteiger partial charge in [-0.05, 0) is 68.2 Å². The number of carboxylic acid groups (broad SMARTS) is 1. The third kappa shape index (κ3) is 7.50. The van der Waals surface area contributed by atoms with Crippen LogP contribution in [0.5, 0.6) is 0 Å². The Morgan fingerprint density at radius 1 is 1.10 bits per heavy atom. The number of hydrogen-bond donors (Lipinski definition) is 4. The van der Waals surface area contributed by atoms with Crippen LogP contribution in [0.3, 0.4) is 0 Å². The lowest BCUT2D eigenvalue weighted by Gasteiger charge is -2.38. The number of carbonyl (C=O) groups excluding carboxylic acids is 2. The molecule has 1 aliphatic carbocycles. The average Bonchev–Trinajstić information content (AvgIpc) is 3.47. The van der Waals surface area contributed by atoms with Crippen molar-refractivity contribution in [2.75, 3.05) is 13.2 Å². The summed E-state index contributed by atoms with van der Waals surface area (Å²) in [5.41, 5.74) is 2.74. The highest BCUT2D eigenvalue weighted by Gasteiger charge is 2.54. The summed E-state index contributed by atoms with van der Waals surface area (Å²) < 4.78 is 5.62. The Morgan fingerprint density at radius 3 is 2.45 bits per heavy atom. The van der Waals surface area contributed by atoms with Crippen LogP contribution in [0.15, 0.2) is 33.3 Å². The first kappa shape index (κ1) is 31.8. The molecule has 1 aromatic heterocycles. The summed E-state index contributed by atoms with van der Waals surface area (Å²) in [5, 5.41) is 40.1. The molecule has 1 aromatic rings. The van der Waals surface area contributed by atoms with Gasteiger partial charge in [-0.15, -0.1) is 0 Å². The van der Waals surface area contributed by atoms with Crippen molar-refractivity contribution < 1.29 is 39.2 Å². The van der Waals surface area contributed by atoms with Gasteiger partial charge in [-0.1, -0.05) is 44.8 Å². The number of likely N-dealkylation sites (tertiary alicyclic amines) is 1. The molecule has 2 heterocycles. The van der Waals surface area contributed by atoms with Crippen LogP contribution in [0.4, 0.5) is 0 Å². The minimum Gasteiger partial charge on any atom is -0.481 e. The second-order valence-corrected chi connectivity index (χ2v) is 11.4. The van der Waals surface area contributed by atoms with Crippen molar-refractivity contribution in [1.29, 1.82) is 0 Å². The zero-order valence-electron chi connectivity index (χ0n) is 24.0. The normalized spacial score (nSPS) is 22.4. The van der Waals surface area contributed by atoms with E-state index in [2.05, 4.69) is 6.92 Å². The molecule has 1 fully saturated rings. The number of unbranched alkanes of at least 4 members (excludes halogenated alkanes) is 2. The molecule has 4 N–H and O–H groups in total. The molecule has 2 aliphatic rings. The van der Waals surface area contributed by atoms with E-state index in [-0.39, 0.29) is 43.9 Å². The molecule has 0 unspecified atom stereocenters. The third-order valence-corrected chi connectivity index (χ3v) is 8.23. The van der Waals surface area contributed by atoms with Gasteiger partial charge in [0, 0.05) is 18.9 Å². The van der Waals surface area contributed by atoms with Crippen LogP contribution in [0.1, 0.15) is 90.1 Å². The average molecular weight is 560 g/mol. The molecule has 222 valence electrons. The lowest BCUT2D eigenvalue weighted by molar-refractivity contribution is -0.141. The van der Waals surface area contributed by atoms with Gasteiger partial charge in [0.1, 0.15) is 18.1 Å². The maximum atomic E-state index is 13.5. The van der Waals surface area contributed by atoms with Gasteiger partial charge in [-0.2, -0.15) is 0 Å². The largest absolute Gasteiger partial charge is 0.481 e. The Labute approximate surface area is 236 Å². The fourth-order valence-corrected chi connectivity index (χ4v) is 6.28. The molecule has 0 radical (unpaired) electrons. The van der Waals surface area contributed by atoms with Crippen LogP contribution in [0, 0.1) is 23.7 Å². The fraction of sp³-hybridized carbons (Fsp3) is 0.645. The Kier molecular flexibility index (Phi) is 11.7. The van der Waals surface area contributed by atoms with Crippen molar-refractivity contribution in [1.82, 2.24) is 4.90 Å². The maximum absolute atomic E-state index is 13.5. The van der Waals surface area contributed by atoms with Crippen molar-refractivity contribution in [3.63, 3.8) is 0 Å². The van der Waals surface area contributed by atoms with Gasteiger partial charge in [0.2, 0.25) is 11.8 Å². The molecular formula is C31H45NO8. The van der Waals surface area contributed by atoms with Gasteiger partial charge in [0.05, 0.1) is 24.5 Å². The molecule has 9 heteroatoms. The minimum atomic E-state index is -0.867. The first-order valence-electron chi connectivity index (χ1n) is 14.6. The molecule has 0 aromatic carbocycles. The fourth-order valence-electron chi connectivity index (χ4n) is 6.28. The SMILES string of the molecule is CCC/C(=C\c1ccc(CO)o1)CC[C@@H](O)C1=C(C(C)C)C[C@H]2C(=O)N(CCCCCC(=O)O)C(=O)[C@H]2[C@H]1CO. The zero-order chi connectivity index (χ0) is 29.4. The summed E-state index contributed by atoms with van der Waals surface area (Å²) in [6, 6.07) is 3.54. The van der Waals surface area contributed by atoms with Gasteiger partial charge >= 0.3 is 5.97 Å². The monoisotopic (exact) mass is 559 g/mol. The Bertz CT molecular complexity index is 1100. The summed E-state index contributed by atoms with van der Waals surface area (Å²) in [6.45, 7) is 5.84. The number of amides is 2. The lowest BCUT2D eigenvalue weighted by Crippen LogP contribution is -2.40. The second kappa shape index (κ2) is 14.8. The van der Waals surface area contributed by atoms with Crippen LogP contribution < -0.4 is 0 Å². The number of aliphatic carboxylic acids is 1. The third-order valence-electron chi connectivity index (χ3n) is 8.23. The molecule has 2 amide bonds. The highest BCUT2D eigenvalue weighted by molar-refractivity contribution is 6.05. The molecule has 3 rings (SSSR count). The van der Waals surface area contributed by atoms with Gasteiger partial charge in [0.25, 0.3) is 0 Å². The zero-order valence-corrected chi connectivity index (χ0v) is 24.0. The number of allylic oxidation sites excluding steroid dienone is 2.